The van der Waals surface area contributed by atoms with Crippen molar-refractivity contribution in [2.75, 3.05) is 40.9 Å². The molecule has 0 aromatic heterocycles. The number of unbranched alkanes of at least 4 members (excludes halogenated alkanes) is 43. The van der Waals surface area contributed by atoms with Gasteiger partial charge in [-0.15, -0.1) is 0 Å². The minimum atomic E-state index is -4.70. The van der Waals surface area contributed by atoms with Gasteiger partial charge < -0.3 is 28.5 Å². The molecule has 0 aromatic rings. The largest absolute Gasteiger partial charge is 0.756 e. The fourth-order valence-electron chi connectivity index (χ4n) is 10.5. The zero-order valence-corrected chi connectivity index (χ0v) is 56.1. The molecule has 3 unspecified atom stereocenters. The summed E-state index contributed by atoms with van der Waals surface area (Å²) in [5.74, 6) is -0.535. The highest BCUT2D eigenvalue weighted by Crippen LogP contribution is 2.38. The first-order valence-electron chi connectivity index (χ1n) is 35.4. The molecule has 0 fully saturated rings. The number of carbonyl (C=O) groups excluding carboxylic acids is 2. The first kappa shape index (κ1) is 80.0. The summed E-state index contributed by atoms with van der Waals surface area (Å²) in [6.45, 7) is 6.85. The summed E-state index contributed by atoms with van der Waals surface area (Å²) >= 11 is 0. The predicted molar refractivity (Wildman–Crippen MR) is 353 cm³/mol. The van der Waals surface area contributed by atoms with Gasteiger partial charge in [-0.2, -0.15) is 0 Å². The Bertz CT molecular complexity index is 1540. The summed E-state index contributed by atoms with van der Waals surface area (Å²) in [5, 5.41) is 3.04. The van der Waals surface area contributed by atoms with Crippen LogP contribution in [0.25, 0.3) is 0 Å². The summed E-state index contributed by atoms with van der Waals surface area (Å²) < 4.78 is 30.4. The highest BCUT2D eigenvalue weighted by Gasteiger charge is 2.27. The van der Waals surface area contributed by atoms with Crippen LogP contribution in [0.5, 0.6) is 0 Å². The molecule has 0 heterocycles. The van der Waals surface area contributed by atoms with Gasteiger partial charge in [0.1, 0.15) is 19.3 Å². The molecule has 0 aliphatic carbocycles. The van der Waals surface area contributed by atoms with Crippen LogP contribution in [0.15, 0.2) is 48.6 Å². The van der Waals surface area contributed by atoms with Crippen LogP contribution in [-0.4, -0.2) is 69.4 Å². The predicted octanol–water partition coefficient (Wildman–Crippen LogP) is 21.8. The quantitative estimate of drug-likeness (QED) is 0.0212. The Labute approximate surface area is 509 Å². The molecule has 0 rings (SSSR count). The molecule has 0 saturated carbocycles. The summed E-state index contributed by atoms with van der Waals surface area (Å²) in [5.41, 5.74) is 0. The number of hydrogen-bond acceptors (Lipinski definition) is 7. The molecule has 0 aliphatic rings. The Balaban J connectivity index is 5.00. The van der Waals surface area contributed by atoms with Crippen molar-refractivity contribution in [2.24, 2.45) is 0 Å². The van der Waals surface area contributed by atoms with E-state index in [2.05, 4.69) is 62.5 Å². The maximum absolute atomic E-state index is 13.6. The maximum Gasteiger partial charge on any atom is 0.306 e. The number of amides is 1. The number of allylic oxidation sites excluding steroid dienone is 7. The van der Waals surface area contributed by atoms with E-state index in [-0.39, 0.29) is 31.5 Å². The Kier molecular flexibility index (Phi) is 60.5. The minimum absolute atomic E-state index is 0.0227. The van der Waals surface area contributed by atoms with Crippen molar-refractivity contribution in [2.45, 2.75) is 360 Å². The average molecular weight is 1170 g/mol. The standard InChI is InChI=1S/C72H137N2O7P/c1-7-10-13-16-19-22-25-28-30-32-33-34-35-36-37-38-39-40-41-43-45-47-50-53-56-59-62-65-72(76)81-70(63-60-57-54-51-48-27-24-21-18-15-12-9-3)69(68-80-82(77,78)79-67-66-74(4,5)6)73-71(75)64-61-58-55-52-49-46-44-42-31-29-26-23-20-17-14-11-8-2/h20,23,28-31,60,63,69-70H,7-19,21-22,24-27,32-59,61-62,64-68H2,1-6H3,(H-,73,75,77,78)/b23-20-,30-28+,31-29-,63-60-. The molecule has 82 heavy (non-hydrogen) atoms. The van der Waals surface area contributed by atoms with Crippen molar-refractivity contribution in [3.05, 3.63) is 48.6 Å². The third-order valence-corrected chi connectivity index (χ3v) is 16.9. The number of nitrogens with zero attached hydrogens (tertiary/aromatic N) is 1. The number of phosphoric ester groups is 1. The lowest BCUT2D eigenvalue weighted by Gasteiger charge is -2.30. The topological polar surface area (TPSA) is 114 Å². The summed E-state index contributed by atoms with van der Waals surface area (Å²) in [6, 6.07) is -0.891. The van der Waals surface area contributed by atoms with Crippen LogP contribution in [0.2, 0.25) is 0 Å². The van der Waals surface area contributed by atoms with Crippen LogP contribution in [0.4, 0.5) is 0 Å². The molecule has 1 amide bonds. The molecule has 0 aromatic carbocycles. The maximum atomic E-state index is 13.6. The van der Waals surface area contributed by atoms with Gasteiger partial charge in [-0.25, -0.2) is 0 Å². The molecular weight excluding hydrogens is 1040 g/mol. The average Bonchev–Trinajstić information content (AvgIpc) is 3.44. The molecule has 0 radical (unpaired) electrons. The molecule has 0 saturated heterocycles. The van der Waals surface area contributed by atoms with Crippen LogP contribution in [0.1, 0.15) is 348 Å². The van der Waals surface area contributed by atoms with Gasteiger partial charge in [0.2, 0.25) is 5.91 Å². The Morgan fingerprint density at radius 2 is 0.744 bits per heavy atom. The van der Waals surface area contributed by atoms with E-state index in [4.69, 9.17) is 13.8 Å². The first-order valence-corrected chi connectivity index (χ1v) is 36.9. The lowest BCUT2D eigenvalue weighted by atomic mass is 10.0. The van der Waals surface area contributed by atoms with Crippen LogP contribution >= 0.6 is 7.82 Å². The molecule has 0 spiro atoms. The van der Waals surface area contributed by atoms with Crippen LogP contribution in [0, 0.1) is 0 Å². The zero-order chi connectivity index (χ0) is 60.0. The number of nitrogens with one attached hydrogen (secondary N) is 1. The van der Waals surface area contributed by atoms with E-state index in [1.807, 2.05) is 33.3 Å². The SMILES string of the molecule is CCCCC/C=C\C/C=C\CCCCCCCCCC(=O)NC(COP(=O)([O-])OCC[N+](C)(C)C)C(/C=C\CCCCCCCCCCCC)OC(=O)CCCCCCCCCCCCCCCCCCC/C=C/CCCCCCCC. The fourth-order valence-corrected chi connectivity index (χ4v) is 11.2. The second-order valence-electron chi connectivity index (χ2n) is 25.4. The van der Waals surface area contributed by atoms with E-state index in [1.54, 1.807) is 0 Å². The van der Waals surface area contributed by atoms with Gasteiger partial charge in [0, 0.05) is 12.8 Å². The summed E-state index contributed by atoms with van der Waals surface area (Å²) in [4.78, 5) is 40.1. The van der Waals surface area contributed by atoms with E-state index < -0.39 is 20.0 Å². The number of phosphoric acid groups is 1. The van der Waals surface area contributed by atoms with Crippen LogP contribution in [-0.2, 0) is 27.9 Å². The highest BCUT2D eigenvalue weighted by molar-refractivity contribution is 7.45. The van der Waals surface area contributed by atoms with Gasteiger partial charge in [0.25, 0.3) is 7.82 Å². The summed E-state index contributed by atoms with van der Waals surface area (Å²) in [6.07, 6.45) is 78.1. The van der Waals surface area contributed by atoms with Gasteiger partial charge in [-0.05, 0) is 89.5 Å². The van der Waals surface area contributed by atoms with E-state index in [9.17, 15) is 19.0 Å². The third kappa shape index (κ3) is 62.5. The number of quaternary nitrogens is 1. The zero-order valence-electron chi connectivity index (χ0n) is 55.2. The lowest BCUT2D eigenvalue weighted by molar-refractivity contribution is -0.870. The Hall–Kier alpha value is -2.03. The molecule has 0 aliphatic heterocycles. The Morgan fingerprint density at radius 3 is 1.13 bits per heavy atom. The fraction of sp³-hybridized carbons (Fsp3) is 0.861. The second-order valence-corrected chi connectivity index (χ2v) is 26.8. The van der Waals surface area contributed by atoms with E-state index in [1.165, 1.54) is 238 Å². The molecule has 3 atom stereocenters. The van der Waals surface area contributed by atoms with Crippen molar-refractivity contribution in [3.63, 3.8) is 0 Å². The Morgan fingerprint density at radius 1 is 0.427 bits per heavy atom. The van der Waals surface area contributed by atoms with Crippen LogP contribution in [0.3, 0.4) is 0 Å². The van der Waals surface area contributed by atoms with Gasteiger partial charge in [-0.1, -0.05) is 294 Å². The third-order valence-electron chi connectivity index (χ3n) is 16.0. The van der Waals surface area contributed by atoms with Gasteiger partial charge in [0.15, 0.2) is 0 Å². The van der Waals surface area contributed by atoms with Crippen molar-refractivity contribution in [1.29, 1.82) is 0 Å². The lowest BCUT2D eigenvalue weighted by Crippen LogP contribution is -2.47. The normalized spacial score (nSPS) is 13.8. The smallest absolute Gasteiger partial charge is 0.306 e. The van der Waals surface area contributed by atoms with Crippen molar-refractivity contribution < 1.29 is 37.3 Å². The molecule has 1 N–H and O–H groups in total. The monoisotopic (exact) mass is 1170 g/mol. The molecule has 9 nitrogen and oxygen atoms in total. The van der Waals surface area contributed by atoms with E-state index >= 15 is 0 Å². The molecule has 482 valence electrons. The number of ether oxygens (including phenoxy) is 1. The summed E-state index contributed by atoms with van der Waals surface area (Å²) in [7, 11) is 1.19. The van der Waals surface area contributed by atoms with E-state index in [0.29, 0.717) is 17.4 Å². The van der Waals surface area contributed by atoms with Crippen molar-refractivity contribution in [3.8, 4) is 0 Å². The van der Waals surface area contributed by atoms with E-state index in [0.717, 1.165) is 77.0 Å². The second kappa shape index (κ2) is 62.0. The molecule has 10 heteroatoms. The van der Waals surface area contributed by atoms with Gasteiger partial charge in [-0.3, -0.25) is 14.2 Å². The van der Waals surface area contributed by atoms with Crippen molar-refractivity contribution >= 4 is 19.7 Å². The number of rotatable bonds is 65. The minimum Gasteiger partial charge on any atom is -0.756 e. The van der Waals surface area contributed by atoms with Crippen molar-refractivity contribution in [1.82, 2.24) is 5.32 Å². The number of hydrogen-bond donors (Lipinski definition) is 1. The number of likely N-dealkylation sites (N-methyl/N-ethyl adjacent to an activating group) is 1. The van der Waals surface area contributed by atoms with Gasteiger partial charge in [0.05, 0.1) is 33.8 Å². The molecular formula is C72H137N2O7P. The van der Waals surface area contributed by atoms with Gasteiger partial charge >= 0.3 is 5.97 Å². The number of esters is 1. The number of carbonyl (C=O) groups is 2. The first-order chi connectivity index (χ1) is 39.9. The van der Waals surface area contributed by atoms with Crippen LogP contribution < -0.4 is 10.2 Å². The molecule has 0 bridgehead atoms. The highest BCUT2D eigenvalue weighted by atomic mass is 31.2.